The van der Waals surface area contributed by atoms with Crippen molar-refractivity contribution in [3.63, 3.8) is 0 Å². The molecule has 6 heteroatoms. The van der Waals surface area contributed by atoms with Crippen LogP contribution < -0.4 is 14.8 Å². The number of aryl methyl sites for hydroxylation is 1. The maximum atomic E-state index is 13.2. The quantitative estimate of drug-likeness (QED) is 0.587. The highest BCUT2D eigenvalue weighted by Gasteiger charge is 2.29. The smallest absolute Gasteiger partial charge is 0.261 e. The topological polar surface area (TPSA) is 67.9 Å². The zero-order valence-electron chi connectivity index (χ0n) is 19.2. The molecule has 0 fully saturated rings. The summed E-state index contributed by atoms with van der Waals surface area (Å²) in [5.74, 6) is 0.920. The van der Waals surface area contributed by atoms with Crippen molar-refractivity contribution >= 4 is 11.8 Å². The molecule has 2 atom stereocenters. The fourth-order valence-corrected chi connectivity index (χ4v) is 3.23. The van der Waals surface area contributed by atoms with E-state index in [0.717, 1.165) is 17.5 Å². The lowest BCUT2D eigenvalue weighted by atomic mass is 10.1. The first-order chi connectivity index (χ1) is 14.9. The Morgan fingerprint density at radius 1 is 1.00 bits per heavy atom. The Kier molecular flexibility index (Phi) is 9.38. The number of carbonyl (C=O) groups is 2. The summed E-state index contributed by atoms with van der Waals surface area (Å²) in [4.78, 5) is 27.8. The highest BCUT2D eigenvalue weighted by Crippen LogP contribution is 2.19. The van der Waals surface area contributed by atoms with E-state index in [4.69, 9.17) is 9.47 Å². The molecule has 0 saturated heterocycles. The maximum absolute atomic E-state index is 13.2. The van der Waals surface area contributed by atoms with Gasteiger partial charge in [0.05, 0.1) is 7.11 Å². The predicted molar refractivity (Wildman–Crippen MR) is 122 cm³/mol. The van der Waals surface area contributed by atoms with Crippen molar-refractivity contribution in [3.8, 4) is 11.5 Å². The zero-order chi connectivity index (χ0) is 22.8. The third kappa shape index (κ3) is 7.02. The van der Waals surface area contributed by atoms with Crippen LogP contribution in [0.4, 0.5) is 0 Å². The number of nitrogens with zero attached hydrogens (tertiary/aromatic N) is 1. The first-order valence-corrected chi connectivity index (χ1v) is 10.8. The summed E-state index contributed by atoms with van der Waals surface area (Å²) >= 11 is 0. The lowest BCUT2D eigenvalue weighted by Crippen LogP contribution is -2.51. The average molecular weight is 427 g/mol. The van der Waals surface area contributed by atoms with Crippen LogP contribution in [0.2, 0.25) is 0 Å². The second kappa shape index (κ2) is 12.0. The van der Waals surface area contributed by atoms with Crippen molar-refractivity contribution in [3.05, 3.63) is 59.7 Å². The van der Waals surface area contributed by atoms with Crippen molar-refractivity contribution in [1.29, 1.82) is 0 Å². The minimum Gasteiger partial charge on any atom is -0.497 e. The third-order valence-corrected chi connectivity index (χ3v) is 5.41. The van der Waals surface area contributed by atoms with Crippen molar-refractivity contribution in [1.82, 2.24) is 10.2 Å². The van der Waals surface area contributed by atoms with Gasteiger partial charge < -0.3 is 19.7 Å². The van der Waals surface area contributed by atoms with Crippen molar-refractivity contribution in [2.45, 2.75) is 59.2 Å². The van der Waals surface area contributed by atoms with Crippen molar-refractivity contribution in [2.75, 3.05) is 13.7 Å². The van der Waals surface area contributed by atoms with Gasteiger partial charge in [-0.2, -0.15) is 0 Å². The molecule has 2 aromatic carbocycles. The first kappa shape index (κ1) is 24.3. The highest BCUT2D eigenvalue weighted by molar-refractivity contribution is 5.88. The molecule has 168 valence electrons. The number of methoxy groups -OCH3 is 1. The van der Waals surface area contributed by atoms with Crippen LogP contribution in [0.1, 0.15) is 44.7 Å². The van der Waals surface area contributed by atoms with Gasteiger partial charge in [0.2, 0.25) is 5.91 Å². The molecule has 2 rings (SSSR count). The molecular formula is C25H34N2O4. The Hall–Kier alpha value is -3.02. The van der Waals surface area contributed by atoms with Crippen LogP contribution >= 0.6 is 0 Å². The number of benzene rings is 2. The fourth-order valence-electron chi connectivity index (χ4n) is 3.23. The van der Waals surface area contributed by atoms with Gasteiger partial charge in [0.15, 0.2) is 6.61 Å². The lowest BCUT2D eigenvalue weighted by molar-refractivity contribution is -0.143. The van der Waals surface area contributed by atoms with Crippen LogP contribution in [0, 0.1) is 6.92 Å². The van der Waals surface area contributed by atoms with Gasteiger partial charge in [-0.05, 0) is 62.1 Å². The van der Waals surface area contributed by atoms with E-state index in [1.807, 2.05) is 52.0 Å². The van der Waals surface area contributed by atoms with Gasteiger partial charge in [0.25, 0.3) is 5.91 Å². The minimum atomic E-state index is -0.569. The molecule has 31 heavy (non-hydrogen) atoms. The van der Waals surface area contributed by atoms with E-state index >= 15 is 0 Å². The molecule has 2 aromatic rings. The summed E-state index contributed by atoms with van der Waals surface area (Å²) < 4.78 is 10.9. The Labute approximate surface area is 185 Å². The van der Waals surface area contributed by atoms with Gasteiger partial charge in [0, 0.05) is 12.6 Å². The van der Waals surface area contributed by atoms with E-state index in [-0.39, 0.29) is 24.5 Å². The fraction of sp³-hybridized carbons (Fsp3) is 0.440. The Bertz CT molecular complexity index is 851. The number of nitrogens with one attached hydrogen (secondary N) is 1. The predicted octanol–water partition coefficient (Wildman–Crippen LogP) is 4.10. The van der Waals surface area contributed by atoms with Gasteiger partial charge in [-0.15, -0.1) is 0 Å². The molecule has 0 bridgehead atoms. The molecule has 0 aliphatic rings. The van der Waals surface area contributed by atoms with E-state index < -0.39 is 6.04 Å². The van der Waals surface area contributed by atoms with Gasteiger partial charge in [0.1, 0.15) is 17.5 Å². The molecule has 0 radical (unpaired) electrons. The van der Waals surface area contributed by atoms with Crippen LogP contribution in [0.15, 0.2) is 48.5 Å². The minimum absolute atomic E-state index is 0.0486. The molecule has 0 aliphatic heterocycles. The molecule has 1 N–H and O–H groups in total. The Morgan fingerprint density at radius 2 is 1.65 bits per heavy atom. The van der Waals surface area contributed by atoms with E-state index in [2.05, 4.69) is 5.32 Å². The van der Waals surface area contributed by atoms with Gasteiger partial charge >= 0.3 is 0 Å². The zero-order valence-corrected chi connectivity index (χ0v) is 19.2. The molecule has 0 spiro atoms. The van der Waals surface area contributed by atoms with Crippen molar-refractivity contribution < 1.29 is 19.1 Å². The summed E-state index contributed by atoms with van der Waals surface area (Å²) in [6.45, 7) is 8.11. The molecule has 0 aromatic heterocycles. The molecule has 0 heterocycles. The molecule has 0 saturated carbocycles. The second-order valence-corrected chi connectivity index (χ2v) is 7.65. The maximum Gasteiger partial charge on any atom is 0.261 e. The van der Waals surface area contributed by atoms with Crippen LogP contribution in [0.25, 0.3) is 0 Å². The van der Waals surface area contributed by atoms with Crippen LogP contribution in [-0.4, -0.2) is 42.5 Å². The van der Waals surface area contributed by atoms with Crippen LogP contribution in [0.5, 0.6) is 11.5 Å². The standard InChI is InChI=1S/C25H34N2O4/c1-6-19(4)26-25(29)23(7-2)27(16-20-11-9-8-10-18(20)3)24(28)17-31-22-14-12-21(30-5)13-15-22/h8-15,19,23H,6-7,16-17H2,1-5H3,(H,26,29)/t19-,23+/m1/s1. The lowest BCUT2D eigenvalue weighted by Gasteiger charge is -2.31. The van der Waals surface area contributed by atoms with Gasteiger partial charge in [-0.3, -0.25) is 9.59 Å². The van der Waals surface area contributed by atoms with E-state index in [1.165, 1.54) is 0 Å². The summed E-state index contributed by atoms with van der Waals surface area (Å²) in [6.07, 6.45) is 1.34. The Morgan fingerprint density at radius 3 is 2.23 bits per heavy atom. The number of ether oxygens (including phenoxy) is 2. The highest BCUT2D eigenvalue weighted by atomic mass is 16.5. The number of rotatable bonds is 11. The molecule has 0 aliphatic carbocycles. The number of amides is 2. The van der Waals surface area contributed by atoms with Crippen LogP contribution in [-0.2, 0) is 16.1 Å². The van der Waals surface area contributed by atoms with Crippen molar-refractivity contribution in [2.24, 2.45) is 0 Å². The molecular weight excluding hydrogens is 392 g/mol. The second-order valence-electron chi connectivity index (χ2n) is 7.65. The molecule has 6 nitrogen and oxygen atoms in total. The Balaban J connectivity index is 2.20. The largest absolute Gasteiger partial charge is 0.497 e. The van der Waals surface area contributed by atoms with E-state index in [1.54, 1.807) is 36.3 Å². The molecule has 0 unspecified atom stereocenters. The van der Waals surface area contributed by atoms with Gasteiger partial charge in [-0.1, -0.05) is 38.1 Å². The van der Waals surface area contributed by atoms with E-state index in [9.17, 15) is 9.59 Å². The summed E-state index contributed by atoms with van der Waals surface area (Å²) in [7, 11) is 1.60. The number of carbonyl (C=O) groups excluding carboxylic acids is 2. The SMILES string of the molecule is CC[C@@H](C)NC(=O)[C@H](CC)N(Cc1ccccc1C)C(=O)COc1ccc(OC)cc1. The summed E-state index contributed by atoms with van der Waals surface area (Å²) in [5.41, 5.74) is 2.09. The summed E-state index contributed by atoms with van der Waals surface area (Å²) in [6, 6.07) is 14.4. The monoisotopic (exact) mass is 426 g/mol. The number of hydrogen-bond donors (Lipinski definition) is 1. The van der Waals surface area contributed by atoms with E-state index in [0.29, 0.717) is 24.5 Å². The average Bonchev–Trinajstić information content (AvgIpc) is 2.78. The van der Waals surface area contributed by atoms with Gasteiger partial charge in [-0.25, -0.2) is 0 Å². The normalized spacial score (nSPS) is 12.5. The van der Waals surface area contributed by atoms with Crippen LogP contribution in [0.3, 0.4) is 0 Å². The summed E-state index contributed by atoms with van der Waals surface area (Å²) in [5, 5.41) is 3.02. The molecule has 2 amide bonds. The number of hydrogen-bond acceptors (Lipinski definition) is 4. The first-order valence-electron chi connectivity index (χ1n) is 10.8. The third-order valence-electron chi connectivity index (χ3n) is 5.41.